The van der Waals surface area contributed by atoms with Crippen molar-refractivity contribution in [1.29, 1.82) is 0 Å². The van der Waals surface area contributed by atoms with Gasteiger partial charge < -0.3 is 24.5 Å². The van der Waals surface area contributed by atoms with Crippen LogP contribution in [0.3, 0.4) is 0 Å². The van der Waals surface area contributed by atoms with Gasteiger partial charge in [-0.25, -0.2) is 0 Å². The molecule has 5 rings (SSSR count). The number of rotatable bonds is 6. The van der Waals surface area contributed by atoms with Gasteiger partial charge in [0, 0.05) is 29.1 Å². The summed E-state index contributed by atoms with van der Waals surface area (Å²) in [6, 6.07) is 6.13. The van der Waals surface area contributed by atoms with Crippen LogP contribution in [0.5, 0.6) is 5.75 Å². The molecule has 3 amide bonds. The Bertz CT molecular complexity index is 1240. The van der Waals surface area contributed by atoms with Gasteiger partial charge in [-0.1, -0.05) is 31.2 Å². The van der Waals surface area contributed by atoms with Crippen LogP contribution in [0.2, 0.25) is 0 Å². The van der Waals surface area contributed by atoms with Crippen molar-refractivity contribution >= 4 is 35.2 Å². The molecule has 0 bridgehead atoms. The number of ether oxygens (including phenoxy) is 1. The molecule has 216 valence electrons. The van der Waals surface area contributed by atoms with Crippen LogP contribution in [0.4, 0.5) is 5.69 Å². The van der Waals surface area contributed by atoms with E-state index in [1.807, 2.05) is 88.9 Å². The summed E-state index contributed by atoms with van der Waals surface area (Å²) in [4.78, 5) is 48.6. The first-order chi connectivity index (χ1) is 18.9. The monoisotopic (exact) mass is 567 g/mol. The molecule has 4 aliphatic heterocycles. The van der Waals surface area contributed by atoms with Gasteiger partial charge in [0.15, 0.2) is 0 Å². The topological polar surface area (TPSA) is 90.4 Å². The molecule has 1 unspecified atom stereocenters. The van der Waals surface area contributed by atoms with Crippen LogP contribution in [-0.2, 0) is 14.4 Å². The van der Waals surface area contributed by atoms with Crippen molar-refractivity contribution in [3.8, 4) is 5.75 Å². The fourth-order valence-electron chi connectivity index (χ4n) is 6.99. The average Bonchev–Trinajstić information content (AvgIpc) is 3.16. The first kappa shape index (κ1) is 28.7. The molecular formula is C31H41N3O5S. The maximum absolute atomic E-state index is 14.5. The smallest absolute Gasteiger partial charge is 0.247 e. The number of hydrogen-bond donors (Lipinski definition) is 1. The lowest BCUT2D eigenvalue weighted by atomic mass is 9.74. The van der Waals surface area contributed by atoms with Gasteiger partial charge >= 0.3 is 0 Å². The largest absolute Gasteiger partial charge is 0.494 e. The number of carbonyl (C=O) groups is 3. The normalized spacial score (nSPS) is 32.5. The Labute approximate surface area is 241 Å². The molecule has 0 aliphatic carbocycles. The first-order valence-electron chi connectivity index (χ1n) is 14.3. The Morgan fingerprint density at radius 1 is 1.00 bits per heavy atom. The van der Waals surface area contributed by atoms with Crippen LogP contribution in [0.25, 0.3) is 0 Å². The van der Waals surface area contributed by atoms with Crippen molar-refractivity contribution in [2.45, 2.75) is 75.1 Å². The van der Waals surface area contributed by atoms with Crippen molar-refractivity contribution in [2.75, 3.05) is 31.2 Å². The van der Waals surface area contributed by atoms with Crippen molar-refractivity contribution in [2.24, 2.45) is 11.8 Å². The predicted molar refractivity (Wildman–Crippen MR) is 157 cm³/mol. The van der Waals surface area contributed by atoms with E-state index < -0.39 is 39.0 Å². The Kier molecular flexibility index (Phi) is 7.36. The summed E-state index contributed by atoms with van der Waals surface area (Å²) in [5, 5.41) is 10.3. The minimum Gasteiger partial charge on any atom is -0.494 e. The molecule has 0 saturated carbocycles. The highest BCUT2D eigenvalue weighted by molar-refractivity contribution is 8.02. The zero-order chi connectivity index (χ0) is 29.0. The Hall–Kier alpha value is -2.78. The molecule has 40 heavy (non-hydrogen) atoms. The van der Waals surface area contributed by atoms with Crippen LogP contribution in [0.15, 0.2) is 48.6 Å². The molecule has 1 aromatic carbocycles. The standard InChI is InChI=1S/C31H41N3O5S/c1-7-20(19-35)34-25-28(38)33(29(3,4)5)18-10-16-31(25)24(27(34)37)23-26(36)32(17-9-15-30(23,6)40-31)21-11-13-22(14-12-21)39-8-2/h9-16,20,23-25,35H,7-8,17-19H2,1-6H3/t20-,23-,24-,25?,30+,31-/m0/s1. The summed E-state index contributed by atoms with van der Waals surface area (Å²) >= 11 is 1.57. The second kappa shape index (κ2) is 10.2. The molecule has 2 saturated heterocycles. The highest BCUT2D eigenvalue weighted by Crippen LogP contribution is 2.66. The SMILES string of the molecule is CCOc1ccc(N2CC=C[C@@]3(C)S[C@]45C=CCN(C(C)(C)C)C(=O)C4N([C@@H](CC)CO)C(=O)[C@@H]5[C@H]3C2=O)cc1. The van der Waals surface area contributed by atoms with E-state index in [-0.39, 0.29) is 24.3 Å². The highest BCUT2D eigenvalue weighted by Gasteiger charge is 2.74. The Balaban J connectivity index is 1.63. The lowest BCUT2D eigenvalue weighted by molar-refractivity contribution is -0.148. The molecule has 4 heterocycles. The lowest BCUT2D eigenvalue weighted by Crippen LogP contribution is -2.59. The molecule has 0 radical (unpaired) electrons. The number of amides is 3. The van der Waals surface area contributed by atoms with E-state index in [4.69, 9.17) is 4.74 Å². The molecule has 1 aromatic rings. The van der Waals surface area contributed by atoms with Crippen molar-refractivity contribution in [1.82, 2.24) is 9.80 Å². The van der Waals surface area contributed by atoms with Gasteiger partial charge in [0.25, 0.3) is 0 Å². The van der Waals surface area contributed by atoms with Crippen LogP contribution >= 0.6 is 11.8 Å². The van der Waals surface area contributed by atoms with Gasteiger partial charge in [0.2, 0.25) is 17.7 Å². The zero-order valence-electron chi connectivity index (χ0n) is 24.3. The zero-order valence-corrected chi connectivity index (χ0v) is 25.1. The van der Waals surface area contributed by atoms with Gasteiger partial charge in [-0.15, -0.1) is 11.8 Å². The van der Waals surface area contributed by atoms with Crippen molar-refractivity contribution in [3.63, 3.8) is 0 Å². The molecule has 6 atom stereocenters. The van der Waals surface area contributed by atoms with Crippen LogP contribution in [-0.4, -0.2) is 86.0 Å². The van der Waals surface area contributed by atoms with Crippen molar-refractivity contribution < 1.29 is 24.2 Å². The minimum atomic E-state index is -0.933. The number of fused-ring (bicyclic) bond motifs is 2. The maximum Gasteiger partial charge on any atom is 0.247 e. The fourth-order valence-corrected chi connectivity index (χ4v) is 9.14. The number of benzene rings is 1. The summed E-state index contributed by atoms with van der Waals surface area (Å²) in [5.74, 6) is -1.18. The van der Waals surface area contributed by atoms with Crippen molar-refractivity contribution in [3.05, 3.63) is 48.6 Å². The van der Waals surface area contributed by atoms with Crippen LogP contribution in [0, 0.1) is 11.8 Å². The number of likely N-dealkylation sites (tertiary alicyclic amines) is 1. The van der Waals surface area contributed by atoms with E-state index in [0.717, 1.165) is 11.4 Å². The van der Waals surface area contributed by atoms with E-state index >= 15 is 0 Å². The third-order valence-corrected chi connectivity index (χ3v) is 10.6. The van der Waals surface area contributed by atoms with Gasteiger partial charge in [-0.2, -0.15) is 0 Å². The van der Waals surface area contributed by atoms with Gasteiger partial charge in [-0.3, -0.25) is 14.4 Å². The highest BCUT2D eigenvalue weighted by atomic mass is 32.2. The summed E-state index contributed by atoms with van der Waals surface area (Å²) in [6.45, 7) is 13.0. The molecule has 8 nitrogen and oxygen atoms in total. The van der Waals surface area contributed by atoms with Crippen LogP contribution < -0.4 is 9.64 Å². The predicted octanol–water partition coefficient (Wildman–Crippen LogP) is 3.64. The van der Waals surface area contributed by atoms with Gasteiger partial charge in [0.1, 0.15) is 11.8 Å². The number of anilines is 1. The molecule has 0 aromatic heterocycles. The number of nitrogens with zero attached hydrogens (tertiary/aromatic N) is 3. The molecule has 4 aliphatic rings. The quantitative estimate of drug-likeness (QED) is 0.528. The third-order valence-electron chi connectivity index (χ3n) is 8.84. The number of aliphatic hydroxyl groups excluding tert-OH is 1. The van der Waals surface area contributed by atoms with E-state index in [2.05, 4.69) is 6.08 Å². The third kappa shape index (κ3) is 4.28. The molecular weight excluding hydrogens is 526 g/mol. The second-order valence-corrected chi connectivity index (χ2v) is 14.1. The fraction of sp³-hybridized carbons (Fsp3) is 0.581. The average molecular weight is 568 g/mol. The summed E-state index contributed by atoms with van der Waals surface area (Å²) in [6.07, 6.45) is 8.59. The molecule has 1 spiro atoms. The lowest BCUT2D eigenvalue weighted by Gasteiger charge is -2.42. The Morgan fingerprint density at radius 2 is 1.68 bits per heavy atom. The molecule has 1 N–H and O–H groups in total. The molecule has 9 heteroatoms. The number of hydrogen-bond acceptors (Lipinski definition) is 6. The number of thioether (sulfide) groups is 1. The van der Waals surface area contributed by atoms with E-state index in [9.17, 15) is 19.5 Å². The van der Waals surface area contributed by atoms with Crippen LogP contribution in [0.1, 0.15) is 48.0 Å². The molecule has 2 fully saturated rings. The summed E-state index contributed by atoms with van der Waals surface area (Å²) in [7, 11) is 0. The van der Waals surface area contributed by atoms with Gasteiger partial charge in [0.05, 0.1) is 35.8 Å². The second-order valence-electron chi connectivity index (χ2n) is 12.3. The number of carbonyl (C=O) groups excluding carboxylic acids is 3. The first-order valence-corrected chi connectivity index (χ1v) is 15.1. The minimum absolute atomic E-state index is 0.130. The summed E-state index contributed by atoms with van der Waals surface area (Å²) in [5.41, 5.74) is 0.276. The van der Waals surface area contributed by atoms with E-state index in [1.165, 1.54) is 0 Å². The summed E-state index contributed by atoms with van der Waals surface area (Å²) < 4.78 is 3.97. The number of aliphatic hydroxyl groups is 1. The maximum atomic E-state index is 14.5. The van der Waals surface area contributed by atoms with E-state index in [1.54, 1.807) is 21.6 Å². The Morgan fingerprint density at radius 3 is 2.27 bits per heavy atom. The van der Waals surface area contributed by atoms with Gasteiger partial charge in [-0.05, 0) is 65.3 Å². The van der Waals surface area contributed by atoms with E-state index in [0.29, 0.717) is 26.1 Å².